The largest absolute Gasteiger partial charge is 0.444 e. The quantitative estimate of drug-likeness (QED) is 0.0773. The van der Waals surface area contributed by atoms with Crippen LogP contribution in [0.1, 0.15) is 92.4 Å². The number of benzene rings is 2. The highest BCUT2D eigenvalue weighted by atomic mass is 28.4. The third kappa shape index (κ3) is 11.4. The Morgan fingerprint density at radius 2 is 1.61 bits per heavy atom. The monoisotopic (exact) mass is 837 g/mol. The molecule has 59 heavy (non-hydrogen) atoms. The van der Waals surface area contributed by atoms with E-state index in [4.69, 9.17) is 29.0 Å². The molecule has 5 aromatic rings. The van der Waals surface area contributed by atoms with Gasteiger partial charge in [-0.3, -0.25) is 4.98 Å². The van der Waals surface area contributed by atoms with Crippen molar-refractivity contribution >= 4 is 43.9 Å². The van der Waals surface area contributed by atoms with Gasteiger partial charge in [0, 0.05) is 39.8 Å². The Morgan fingerprint density at radius 3 is 2.24 bits per heavy atom. The number of hydrogen-bond donors (Lipinski definition) is 1. The minimum Gasteiger partial charge on any atom is -0.444 e. The molecule has 2 aromatic carbocycles. The standard InChI is InChI=1S/C46H67N7O4Si2/c1-34(24-25-56-59(46(5,6)7,37-20-13-11-14-21-37)38-22-15-12-16-23-38)28-42-50-40-31-47-39(43-48-32-52(51-43)33-55-26-27-58(8,9)10)30-41(40)53(42)36-19-17-18-35(29-36)49-44(54)57-45(2,3)4/h11-16,20-23,30-32,34-36H,17-19,24-29,33H2,1-10H3,(H,49,54)/t34?,35-,36+/m0/s1. The maximum absolute atomic E-state index is 12.9. The normalized spacial score (nSPS) is 17.3. The Hall–Kier alpha value is -4.18. The van der Waals surface area contributed by atoms with Crippen LogP contribution < -0.4 is 15.7 Å². The summed E-state index contributed by atoms with van der Waals surface area (Å²) in [4.78, 5) is 27.6. The lowest BCUT2D eigenvalue weighted by Crippen LogP contribution is -2.66. The lowest BCUT2D eigenvalue weighted by molar-refractivity contribution is 0.0486. The highest BCUT2D eigenvalue weighted by Crippen LogP contribution is 2.38. The molecular weight excluding hydrogens is 771 g/mol. The minimum atomic E-state index is -2.66. The van der Waals surface area contributed by atoms with Gasteiger partial charge >= 0.3 is 6.09 Å². The number of ether oxygens (including phenoxy) is 2. The number of hydrogen-bond acceptors (Lipinski definition) is 8. The molecule has 3 aromatic heterocycles. The van der Waals surface area contributed by atoms with Crippen molar-refractivity contribution < 1.29 is 18.7 Å². The van der Waals surface area contributed by atoms with Gasteiger partial charge in [0.05, 0.1) is 11.7 Å². The molecule has 1 N–H and O–H groups in total. The molecule has 1 saturated carbocycles. The molecule has 1 aliphatic rings. The summed E-state index contributed by atoms with van der Waals surface area (Å²) < 4.78 is 23.1. The molecule has 0 bridgehead atoms. The Labute approximate surface area is 353 Å². The molecule has 1 fully saturated rings. The molecular formula is C46H67N7O4Si2. The number of alkyl carbamates (subject to hydrolysis) is 1. The number of aromatic nitrogens is 6. The van der Waals surface area contributed by atoms with Gasteiger partial charge < -0.3 is 23.8 Å². The van der Waals surface area contributed by atoms with Crippen LogP contribution in [0.5, 0.6) is 0 Å². The van der Waals surface area contributed by atoms with Gasteiger partial charge in [-0.2, -0.15) is 0 Å². The van der Waals surface area contributed by atoms with Crippen LogP contribution in [0, 0.1) is 5.92 Å². The second kappa shape index (κ2) is 18.6. The zero-order valence-corrected chi connectivity index (χ0v) is 39.1. The van der Waals surface area contributed by atoms with Gasteiger partial charge in [-0.15, -0.1) is 5.10 Å². The first kappa shape index (κ1) is 44.4. The molecule has 1 amide bonds. The first-order valence-corrected chi connectivity index (χ1v) is 27.1. The van der Waals surface area contributed by atoms with Crippen molar-refractivity contribution in [3.05, 3.63) is 85.1 Å². The number of amides is 1. The molecule has 1 unspecified atom stereocenters. The van der Waals surface area contributed by atoms with Gasteiger partial charge in [-0.05, 0) is 86.3 Å². The number of nitrogens with one attached hydrogen (secondary N) is 1. The highest BCUT2D eigenvalue weighted by molar-refractivity contribution is 6.99. The van der Waals surface area contributed by atoms with Crippen LogP contribution in [0.15, 0.2) is 79.3 Å². The van der Waals surface area contributed by atoms with Crippen LogP contribution in [0.4, 0.5) is 4.79 Å². The topological polar surface area (TPSA) is 118 Å². The molecule has 1 aliphatic carbocycles. The van der Waals surface area contributed by atoms with Crippen LogP contribution in [0.2, 0.25) is 30.7 Å². The zero-order chi connectivity index (χ0) is 42.4. The van der Waals surface area contributed by atoms with E-state index >= 15 is 0 Å². The second-order valence-corrected chi connectivity index (χ2v) is 29.6. The number of rotatable bonds is 16. The van der Waals surface area contributed by atoms with Crippen LogP contribution in [-0.4, -0.2) is 76.6 Å². The van der Waals surface area contributed by atoms with Gasteiger partial charge in [0.25, 0.3) is 8.32 Å². The summed E-state index contributed by atoms with van der Waals surface area (Å²) in [6.07, 6.45) is 8.50. The van der Waals surface area contributed by atoms with E-state index in [-0.39, 0.29) is 29.1 Å². The molecule has 0 aliphatic heterocycles. The molecule has 0 radical (unpaired) electrons. The fraction of sp³-hybridized carbons (Fsp3) is 0.543. The van der Waals surface area contributed by atoms with Crippen LogP contribution in [0.25, 0.3) is 22.6 Å². The van der Waals surface area contributed by atoms with Crippen LogP contribution in [-0.2, 0) is 27.1 Å². The van der Waals surface area contributed by atoms with Crippen molar-refractivity contribution in [2.24, 2.45) is 5.92 Å². The number of fused-ring (bicyclic) bond motifs is 1. The van der Waals surface area contributed by atoms with Crippen molar-refractivity contribution in [3.8, 4) is 11.5 Å². The van der Waals surface area contributed by atoms with E-state index in [9.17, 15) is 4.79 Å². The van der Waals surface area contributed by atoms with E-state index in [0.29, 0.717) is 31.5 Å². The lowest BCUT2D eigenvalue weighted by Gasteiger charge is -2.43. The van der Waals surface area contributed by atoms with E-state index in [1.54, 1.807) is 11.0 Å². The van der Waals surface area contributed by atoms with Gasteiger partial charge in [0.2, 0.25) is 0 Å². The van der Waals surface area contributed by atoms with Crippen molar-refractivity contribution in [1.29, 1.82) is 0 Å². The average Bonchev–Trinajstić information content (AvgIpc) is 3.78. The molecule has 318 valence electrons. The molecule has 6 rings (SSSR count). The highest BCUT2D eigenvalue weighted by Gasteiger charge is 2.50. The van der Waals surface area contributed by atoms with Gasteiger partial charge in [0.1, 0.15) is 35.7 Å². The molecule has 13 heteroatoms. The third-order valence-electron chi connectivity index (χ3n) is 11.2. The molecule has 3 atom stereocenters. The van der Waals surface area contributed by atoms with E-state index in [1.807, 2.05) is 27.0 Å². The van der Waals surface area contributed by atoms with Crippen LogP contribution >= 0.6 is 0 Å². The minimum absolute atomic E-state index is 0.00852. The summed E-state index contributed by atoms with van der Waals surface area (Å²) in [7, 11) is -3.84. The molecule has 3 heterocycles. The number of carbonyl (C=O) groups is 1. The smallest absolute Gasteiger partial charge is 0.407 e. The predicted octanol–water partition coefficient (Wildman–Crippen LogP) is 9.16. The van der Waals surface area contributed by atoms with Crippen molar-refractivity contribution in [2.75, 3.05) is 13.2 Å². The number of carbonyl (C=O) groups excluding carboxylic acids is 1. The number of nitrogens with zero attached hydrogens (tertiary/aromatic N) is 6. The molecule has 11 nitrogen and oxygen atoms in total. The summed E-state index contributed by atoms with van der Waals surface area (Å²) in [5.41, 5.74) is 1.98. The van der Waals surface area contributed by atoms with E-state index in [0.717, 1.165) is 61.4 Å². The Morgan fingerprint density at radius 1 is 0.932 bits per heavy atom. The maximum Gasteiger partial charge on any atom is 0.407 e. The second-order valence-electron chi connectivity index (χ2n) is 19.7. The van der Waals surface area contributed by atoms with Crippen molar-refractivity contribution in [1.82, 2.24) is 34.6 Å². The van der Waals surface area contributed by atoms with E-state index in [2.05, 4.69) is 129 Å². The number of pyridine rings is 1. The summed E-state index contributed by atoms with van der Waals surface area (Å²) in [5.74, 6) is 1.86. The zero-order valence-electron chi connectivity index (χ0n) is 37.1. The van der Waals surface area contributed by atoms with E-state index < -0.39 is 22.0 Å². The summed E-state index contributed by atoms with van der Waals surface area (Å²) in [5, 5.41) is 10.4. The average molecular weight is 838 g/mol. The Balaban J connectivity index is 1.26. The number of imidazole rings is 1. The van der Waals surface area contributed by atoms with E-state index in [1.165, 1.54) is 10.4 Å². The Bertz CT molecular complexity index is 2080. The Kier molecular flexibility index (Phi) is 14.0. The van der Waals surface area contributed by atoms with Gasteiger partial charge in [0.15, 0.2) is 5.82 Å². The lowest BCUT2D eigenvalue weighted by atomic mass is 9.90. The van der Waals surface area contributed by atoms with Gasteiger partial charge in [-0.25, -0.2) is 19.4 Å². The first-order valence-electron chi connectivity index (χ1n) is 21.5. The molecule has 0 spiro atoms. The fourth-order valence-corrected chi connectivity index (χ4v) is 13.7. The first-order chi connectivity index (χ1) is 27.9. The van der Waals surface area contributed by atoms with Crippen molar-refractivity contribution in [3.63, 3.8) is 0 Å². The SMILES string of the molecule is CC(CCO[Si](c1ccccc1)(c1ccccc1)C(C)(C)C)Cc1nc2cnc(-c3ncn(COCC[Si](C)(C)C)n3)cc2n1[C@@H]1CCC[C@H](NC(=O)OC(C)(C)C)C1. The summed E-state index contributed by atoms with van der Waals surface area (Å²) >= 11 is 0. The molecule has 0 saturated heterocycles. The summed E-state index contributed by atoms with van der Waals surface area (Å²) in [6.45, 7) is 23.7. The fourth-order valence-electron chi connectivity index (χ4n) is 8.33. The van der Waals surface area contributed by atoms with Gasteiger partial charge in [-0.1, -0.05) is 108 Å². The maximum atomic E-state index is 12.9. The predicted molar refractivity (Wildman–Crippen MR) is 242 cm³/mol. The van der Waals surface area contributed by atoms with Crippen LogP contribution in [0.3, 0.4) is 0 Å². The summed E-state index contributed by atoms with van der Waals surface area (Å²) in [6, 6.07) is 25.0. The third-order valence-corrected chi connectivity index (χ3v) is 18.0. The van der Waals surface area contributed by atoms with Crippen molar-refractivity contribution in [2.45, 2.75) is 142 Å².